The van der Waals surface area contributed by atoms with Crippen LogP contribution in [-0.4, -0.2) is 35.1 Å². The van der Waals surface area contributed by atoms with E-state index < -0.39 is 11.6 Å². The van der Waals surface area contributed by atoms with Gasteiger partial charge < -0.3 is 15.7 Å². The van der Waals surface area contributed by atoms with Crippen LogP contribution in [0.3, 0.4) is 0 Å². The number of aliphatic hydroxyl groups is 1. The van der Waals surface area contributed by atoms with Crippen molar-refractivity contribution in [2.24, 2.45) is 0 Å². The molecular weight excluding hydrogens is 252 g/mol. The molecule has 0 fully saturated rings. The molecule has 18 heavy (non-hydrogen) atoms. The Morgan fingerprint density at radius 3 is 2.67 bits per heavy atom. The summed E-state index contributed by atoms with van der Waals surface area (Å²) < 4.78 is 0. The highest BCUT2D eigenvalue weighted by Crippen LogP contribution is 2.08. The Kier molecular flexibility index (Phi) is 4.86. The fourth-order valence-corrected chi connectivity index (χ4v) is 1.82. The first-order chi connectivity index (χ1) is 8.29. The van der Waals surface area contributed by atoms with E-state index in [1.54, 1.807) is 38.3 Å². The third-order valence-corrected chi connectivity index (χ3v) is 3.05. The number of carbonyl (C=O) groups excluding carboxylic acids is 2. The first kappa shape index (κ1) is 14.7. The van der Waals surface area contributed by atoms with Crippen molar-refractivity contribution in [2.75, 3.05) is 6.54 Å². The molecule has 100 valence electrons. The summed E-state index contributed by atoms with van der Waals surface area (Å²) in [6.07, 6.45) is 0. The monoisotopic (exact) mass is 270 g/mol. The number of hydrogen-bond donors (Lipinski definition) is 3. The van der Waals surface area contributed by atoms with E-state index in [-0.39, 0.29) is 18.4 Å². The van der Waals surface area contributed by atoms with Crippen LogP contribution in [0.5, 0.6) is 0 Å². The zero-order valence-electron chi connectivity index (χ0n) is 10.7. The molecule has 1 aromatic rings. The van der Waals surface area contributed by atoms with Gasteiger partial charge in [0, 0.05) is 6.54 Å². The molecule has 1 atom stereocenters. The normalized spacial score (nSPS) is 12.9. The summed E-state index contributed by atoms with van der Waals surface area (Å²) in [4.78, 5) is 23.9. The van der Waals surface area contributed by atoms with Crippen LogP contribution in [0.15, 0.2) is 17.5 Å². The second-order valence-electron chi connectivity index (χ2n) is 4.70. The Morgan fingerprint density at radius 1 is 1.50 bits per heavy atom. The summed E-state index contributed by atoms with van der Waals surface area (Å²) in [5.74, 6) is -0.585. The van der Waals surface area contributed by atoms with Gasteiger partial charge in [0.2, 0.25) is 5.91 Å². The van der Waals surface area contributed by atoms with Gasteiger partial charge in [-0.1, -0.05) is 6.07 Å². The first-order valence-corrected chi connectivity index (χ1v) is 6.52. The lowest BCUT2D eigenvalue weighted by molar-refractivity contribution is -0.123. The molecule has 2 amide bonds. The van der Waals surface area contributed by atoms with Crippen LogP contribution in [0, 0.1) is 0 Å². The first-order valence-electron chi connectivity index (χ1n) is 5.64. The van der Waals surface area contributed by atoms with E-state index in [0.29, 0.717) is 4.88 Å². The third kappa shape index (κ3) is 4.85. The number of hydrogen-bond acceptors (Lipinski definition) is 4. The molecule has 1 unspecified atom stereocenters. The minimum absolute atomic E-state index is 0.144. The maximum Gasteiger partial charge on any atom is 0.261 e. The number of thiophene rings is 1. The molecule has 0 saturated carbocycles. The Balaban J connectivity index is 2.43. The Hall–Kier alpha value is -1.40. The predicted octanol–water partition coefficient (Wildman–Crippen LogP) is 0.754. The second kappa shape index (κ2) is 5.97. The molecule has 5 nitrogen and oxygen atoms in total. The van der Waals surface area contributed by atoms with E-state index in [1.807, 2.05) is 0 Å². The van der Waals surface area contributed by atoms with Crippen LogP contribution in [0.25, 0.3) is 0 Å². The molecule has 6 heteroatoms. The van der Waals surface area contributed by atoms with Gasteiger partial charge in [0.05, 0.1) is 10.5 Å². The van der Waals surface area contributed by atoms with Gasteiger partial charge in [-0.3, -0.25) is 9.59 Å². The fraction of sp³-hybridized carbons (Fsp3) is 0.500. The molecule has 0 aliphatic rings. The molecule has 0 bridgehead atoms. The van der Waals surface area contributed by atoms with Crippen LogP contribution in [-0.2, 0) is 4.79 Å². The summed E-state index contributed by atoms with van der Waals surface area (Å²) in [6.45, 7) is 4.95. The van der Waals surface area contributed by atoms with E-state index in [1.165, 1.54) is 11.3 Å². The molecule has 0 aliphatic carbocycles. The quantitative estimate of drug-likeness (QED) is 0.739. The van der Waals surface area contributed by atoms with Crippen molar-refractivity contribution in [2.45, 2.75) is 32.4 Å². The van der Waals surface area contributed by atoms with Crippen molar-refractivity contribution in [3.63, 3.8) is 0 Å². The molecule has 1 heterocycles. The lowest BCUT2D eigenvalue weighted by Crippen LogP contribution is -2.48. The Morgan fingerprint density at radius 2 is 2.17 bits per heavy atom. The molecule has 0 spiro atoms. The average Bonchev–Trinajstić information content (AvgIpc) is 2.77. The lowest BCUT2D eigenvalue weighted by atomic mass is 10.1. The molecule has 3 N–H and O–H groups in total. The van der Waals surface area contributed by atoms with Crippen molar-refractivity contribution in [3.05, 3.63) is 22.4 Å². The molecule has 0 saturated heterocycles. The molecule has 0 aromatic carbocycles. The van der Waals surface area contributed by atoms with Crippen molar-refractivity contribution in [1.29, 1.82) is 0 Å². The van der Waals surface area contributed by atoms with E-state index in [4.69, 9.17) is 0 Å². The minimum atomic E-state index is -0.965. The van der Waals surface area contributed by atoms with Gasteiger partial charge in [0.15, 0.2) is 0 Å². The highest BCUT2D eigenvalue weighted by Gasteiger charge is 2.19. The number of amides is 2. The van der Waals surface area contributed by atoms with Crippen molar-refractivity contribution < 1.29 is 14.7 Å². The smallest absolute Gasteiger partial charge is 0.261 e. The number of carbonyl (C=O) groups is 2. The fourth-order valence-electron chi connectivity index (χ4n) is 1.20. The van der Waals surface area contributed by atoms with Gasteiger partial charge in [-0.2, -0.15) is 0 Å². The van der Waals surface area contributed by atoms with Crippen molar-refractivity contribution >= 4 is 23.2 Å². The highest BCUT2D eigenvalue weighted by molar-refractivity contribution is 7.12. The zero-order valence-corrected chi connectivity index (χ0v) is 11.5. The lowest BCUT2D eigenvalue weighted by Gasteiger charge is -2.20. The largest absolute Gasteiger partial charge is 0.389 e. The van der Waals surface area contributed by atoms with Crippen LogP contribution in [0.1, 0.15) is 30.4 Å². The van der Waals surface area contributed by atoms with Gasteiger partial charge in [-0.25, -0.2) is 0 Å². The molecular formula is C12H18N2O3S. The number of nitrogens with one attached hydrogen (secondary N) is 2. The van der Waals surface area contributed by atoms with Crippen LogP contribution >= 0.6 is 11.3 Å². The van der Waals surface area contributed by atoms with Gasteiger partial charge in [0.1, 0.15) is 6.04 Å². The second-order valence-corrected chi connectivity index (χ2v) is 5.65. The maximum absolute atomic E-state index is 11.7. The van der Waals surface area contributed by atoms with Crippen molar-refractivity contribution in [1.82, 2.24) is 10.6 Å². The Bertz CT molecular complexity index is 409. The van der Waals surface area contributed by atoms with Gasteiger partial charge in [-0.15, -0.1) is 11.3 Å². The van der Waals surface area contributed by atoms with E-state index in [0.717, 1.165) is 0 Å². The minimum Gasteiger partial charge on any atom is -0.389 e. The maximum atomic E-state index is 11.7. The molecule has 0 aliphatic heterocycles. The van der Waals surface area contributed by atoms with Gasteiger partial charge >= 0.3 is 0 Å². The zero-order chi connectivity index (χ0) is 13.8. The van der Waals surface area contributed by atoms with Gasteiger partial charge in [-0.05, 0) is 32.2 Å². The third-order valence-electron chi connectivity index (χ3n) is 2.18. The topological polar surface area (TPSA) is 78.4 Å². The number of rotatable bonds is 5. The average molecular weight is 270 g/mol. The van der Waals surface area contributed by atoms with Crippen LogP contribution in [0.4, 0.5) is 0 Å². The summed E-state index contributed by atoms with van der Waals surface area (Å²) in [7, 11) is 0. The predicted molar refractivity (Wildman–Crippen MR) is 70.6 cm³/mol. The summed E-state index contributed by atoms with van der Waals surface area (Å²) in [5.41, 5.74) is -0.965. The summed E-state index contributed by atoms with van der Waals surface area (Å²) >= 11 is 1.32. The standard InChI is InChI=1S/C12H18N2O3S/c1-8(10(15)13-7-12(2,3)17)14-11(16)9-5-4-6-18-9/h4-6,8,17H,7H2,1-3H3,(H,13,15)(H,14,16). The van der Waals surface area contributed by atoms with E-state index in [9.17, 15) is 14.7 Å². The Labute approximate surface area is 110 Å². The van der Waals surface area contributed by atoms with E-state index >= 15 is 0 Å². The van der Waals surface area contributed by atoms with Gasteiger partial charge in [0.25, 0.3) is 5.91 Å². The highest BCUT2D eigenvalue weighted by atomic mass is 32.1. The summed E-state index contributed by atoms with van der Waals surface area (Å²) in [6, 6.07) is 2.84. The SMILES string of the molecule is CC(NC(=O)c1cccs1)C(=O)NCC(C)(C)O. The molecule has 0 radical (unpaired) electrons. The molecule has 1 aromatic heterocycles. The van der Waals surface area contributed by atoms with E-state index in [2.05, 4.69) is 10.6 Å². The summed E-state index contributed by atoms with van der Waals surface area (Å²) in [5, 5.41) is 16.4. The van der Waals surface area contributed by atoms with Crippen LogP contribution in [0.2, 0.25) is 0 Å². The molecule has 1 rings (SSSR count). The van der Waals surface area contributed by atoms with Crippen LogP contribution < -0.4 is 10.6 Å². The van der Waals surface area contributed by atoms with Crippen molar-refractivity contribution in [3.8, 4) is 0 Å².